The maximum Gasteiger partial charge on any atom is 0.246 e. The molecule has 0 unspecified atom stereocenters. The fraction of sp³-hybridized carbons (Fsp3) is 0.348. The van der Waals surface area contributed by atoms with E-state index in [9.17, 15) is 13.2 Å². The third-order valence-electron chi connectivity index (χ3n) is 5.31. The summed E-state index contributed by atoms with van der Waals surface area (Å²) in [5.41, 5.74) is 1.59. The molecule has 1 atom stereocenters. The Kier molecular flexibility index (Phi) is 7.75. The number of halogens is 1. The molecule has 0 aromatic heterocycles. The molecule has 2 aromatic carbocycles. The average molecular weight is 462 g/mol. The van der Waals surface area contributed by atoms with E-state index in [0.29, 0.717) is 23.8 Å². The fourth-order valence-electron chi connectivity index (χ4n) is 3.71. The van der Waals surface area contributed by atoms with Gasteiger partial charge in [-0.25, -0.2) is 8.42 Å². The van der Waals surface area contributed by atoms with Gasteiger partial charge in [0.1, 0.15) is 6.04 Å². The SMILES string of the molecule is C[C@H](C(=O)N1CCN(C/C=C/c2ccccc2)CC1)N(c1ccc(Cl)cc1)S(C)(=O)=O. The lowest BCUT2D eigenvalue weighted by molar-refractivity contribution is -0.133. The van der Waals surface area contributed by atoms with Gasteiger partial charge in [0.15, 0.2) is 0 Å². The third-order valence-corrected chi connectivity index (χ3v) is 6.80. The van der Waals surface area contributed by atoms with E-state index in [4.69, 9.17) is 11.6 Å². The van der Waals surface area contributed by atoms with Crippen molar-refractivity contribution in [2.24, 2.45) is 0 Å². The summed E-state index contributed by atoms with van der Waals surface area (Å²) >= 11 is 5.93. The number of piperazine rings is 1. The number of hydrogen-bond donors (Lipinski definition) is 0. The summed E-state index contributed by atoms with van der Waals surface area (Å²) in [6.45, 7) is 5.08. The second-order valence-corrected chi connectivity index (χ2v) is 9.95. The molecule has 6 nitrogen and oxygen atoms in total. The monoisotopic (exact) mass is 461 g/mol. The Bertz CT molecular complexity index is 1000. The van der Waals surface area contributed by atoms with Crippen LogP contribution in [0.4, 0.5) is 5.69 Å². The first-order valence-electron chi connectivity index (χ1n) is 10.2. The number of hydrogen-bond acceptors (Lipinski definition) is 4. The van der Waals surface area contributed by atoms with Crippen molar-refractivity contribution in [2.75, 3.05) is 43.3 Å². The molecule has 1 heterocycles. The zero-order valence-electron chi connectivity index (χ0n) is 17.8. The smallest absolute Gasteiger partial charge is 0.246 e. The number of benzene rings is 2. The van der Waals surface area contributed by atoms with Gasteiger partial charge in [0.25, 0.3) is 0 Å². The molecule has 3 rings (SSSR count). The van der Waals surface area contributed by atoms with Crippen LogP contribution < -0.4 is 4.31 Å². The van der Waals surface area contributed by atoms with Gasteiger partial charge in [0.05, 0.1) is 11.9 Å². The molecule has 2 aromatic rings. The van der Waals surface area contributed by atoms with Crippen molar-refractivity contribution in [1.82, 2.24) is 9.80 Å². The van der Waals surface area contributed by atoms with Crippen molar-refractivity contribution in [3.63, 3.8) is 0 Å². The second kappa shape index (κ2) is 10.3. The molecule has 0 radical (unpaired) electrons. The Morgan fingerprint density at radius 3 is 2.26 bits per heavy atom. The van der Waals surface area contributed by atoms with Crippen LogP contribution in [0.15, 0.2) is 60.7 Å². The topological polar surface area (TPSA) is 60.9 Å². The molecule has 0 bridgehead atoms. The van der Waals surface area contributed by atoms with E-state index in [0.717, 1.165) is 31.5 Å². The molecule has 1 fully saturated rings. The van der Waals surface area contributed by atoms with Crippen molar-refractivity contribution < 1.29 is 13.2 Å². The first-order valence-corrected chi connectivity index (χ1v) is 12.5. The quantitative estimate of drug-likeness (QED) is 0.634. The van der Waals surface area contributed by atoms with Crippen LogP contribution in [0.3, 0.4) is 0 Å². The molecule has 1 saturated heterocycles. The van der Waals surface area contributed by atoms with Crippen LogP contribution in [0, 0.1) is 0 Å². The van der Waals surface area contributed by atoms with E-state index in [1.165, 1.54) is 4.31 Å². The van der Waals surface area contributed by atoms with E-state index in [1.54, 1.807) is 36.1 Å². The predicted octanol–water partition coefficient (Wildman–Crippen LogP) is 3.35. The number of carbonyl (C=O) groups excluding carboxylic acids is 1. The summed E-state index contributed by atoms with van der Waals surface area (Å²) in [5.74, 6) is -0.195. The average Bonchev–Trinajstić information content (AvgIpc) is 2.75. The van der Waals surface area contributed by atoms with Gasteiger partial charge in [0, 0.05) is 37.7 Å². The van der Waals surface area contributed by atoms with Crippen LogP contribution in [-0.4, -0.2) is 69.1 Å². The zero-order chi connectivity index (χ0) is 22.4. The van der Waals surface area contributed by atoms with E-state index < -0.39 is 16.1 Å². The Hall–Kier alpha value is -2.35. The maximum atomic E-state index is 13.1. The van der Waals surface area contributed by atoms with Crippen LogP contribution in [0.25, 0.3) is 6.08 Å². The summed E-state index contributed by atoms with van der Waals surface area (Å²) in [4.78, 5) is 17.1. The van der Waals surface area contributed by atoms with E-state index in [1.807, 2.05) is 18.2 Å². The Labute approximate surface area is 189 Å². The molecule has 0 aliphatic carbocycles. The minimum Gasteiger partial charge on any atom is -0.338 e. The highest BCUT2D eigenvalue weighted by Crippen LogP contribution is 2.24. The third kappa shape index (κ3) is 6.32. The summed E-state index contributed by atoms with van der Waals surface area (Å²) < 4.78 is 26.0. The van der Waals surface area contributed by atoms with Crippen molar-refractivity contribution in [2.45, 2.75) is 13.0 Å². The Balaban J connectivity index is 1.59. The summed E-state index contributed by atoms with van der Waals surface area (Å²) in [6, 6.07) is 15.8. The highest BCUT2D eigenvalue weighted by molar-refractivity contribution is 7.92. The lowest BCUT2D eigenvalue weighted by Gasteiger charge is -2.37. The number of amides is 1. The van der Waals surface area contributed by atoms with Gasteiger partial charge >= 0.3 is 0 Å². The van der Waals surface area contributed by atoms with Gasteiger partial charge in [-0.15, -0.1) is 0 Å². The number of carbonyl (C=O) groups is 1. The minimum atomic E-state index is -3.64. The largest absolute Gasteiger partial charge is 0.338 e. The number of anilines is 1. The van der Waals surface area contributed by atoms with Crippen LogP contribution in [0.1, 0.15) is 12.5 Å². The van der Waals surface area contributed by atoms with Gasteiger partial charge in [-0.3, -0.25) is 14.0 Å². The molecule has 166 valence electrons. The van der Waals surface area contributed by atoms with Crippen molar-refractivity contribution in [1.29, 1.82) is 0 Å². The van der Waals surface area contributed by atoms with Crippen molar-refractivity contribution >= 4 is 39.3 Å². The van der Waals surface area contributed by atoms with Crippen LogP contribution >= 0.6 is 11.6 Å². The lowest BCUT2D eigenvalue weighted by atomic mass is 10.2. The Morgan fingerprint density at radius 2 is 1.68 bits per heavy atom. The summed E-state index contributed by atoms with van der Waals surface area (Å²) in [6.07, 6.45) is 5.33. The standard InChI is InChI=1S/C23H28ClN3O3S/c1-19(27(31(2,29)30)22-12-10-21(24)11-13-22)23(28)26-17-15-25(16-18-26)14-6-9-20-7-4-3-5-8-20/h3-13,19H,14-18H2,1-2H3/b9-6+/t19-/m1/s1. The van der Waals surface area contributed by atoms with Crippen molar-refractivity contribution in [3.8, 4) is 0 Å². The second-order valence-electron chi connectivity index (χ2n) is 7.65. The number of sulfonamides is 1. The lowest BCUT2D eigenvalue weighted by Crippen LogP contribution is -2.55. The summed E-state index contributed by atoms with van der Waals surface area (Å²) in [7, 11) is -3.64. The summed E-state index contributed by atoms with van der Waals surface area (Å²) in [5, 5.41) is 0.508. The maximum absolute atomic E-state index is 13.1. The number of rotatable bonds is 7. The molecule has 1 aliphatic heterocycles. The van der Waals surface area contributed by atoms with Gasteiger partial charge < -0.3 is 4.90 Å². The molecule has 0 N–H and O–H groups in total. The zero-order valence-corrected chi connectivity index (χ0v) is 19.4. The van der Waals surface area contributed by atoms with Crippen LogP contribution in [0.2, 0.25) is 5.02 Å². The van der Waals surface area contributed by atoms with E-state index >= 15 is 0 Å². The van der Waals surface area contributed by atoms with Gasteiger partial charge in [-0.05, 0) is 36.8 Å². The molecular weight excluding hydrogens is 434 g/mol. The molecular formula is C23H28ClN3O3S. The normalized spacial score (nSPS) is 16.4. The van der Waals surface area contributed by atoms with Crippen LogP contribution in [0.5, 0.6) is 0 Å². The predicted molar refractivity (Wildman–Crippen MR) is 127 cm³/mol. The molecule has 0 saturated carbocycles. The molecule has 1 aliphatic rings. The number of nitrogens with zero attached hydrogens (tertiary/aromatic N) is 3. The minimum absolute atomic E-state index is 0.195. The van der Waals surface area contributed by atoms with Gasteiger partial charge in [-0.1, -0.05) is 54.1 Å². The molecule has 1 amide bonds. The molecule has 0 spiro atoms. The van der Waals surface area contributed by atoms with E-state index in [2.05, 4.69) is 29.2 Å². The Morgan fingerprint density at radius 1 is 1.06 bits per heavy atom. The first kappa shape index (κ1) is 23.3. The molecule has 8 heteroatoms. The first-order chi connectivity index (χ1) is 14.8. The highest BCUT2D eigenvalue weighted by Gasteiger charge is 2.33. The highest BCUT2D eigenvalue weighted by atomic mass is 35.5. The van der Waals surface area contributed by atoms with Gasteiger partial charge in [-0.2, -0.15) is 0 Å². The van der Waals surface area contributed by atoms with E-state index in [-0.39, 0.29) is 5.91 Å². The van der Waals surface area contributed by atoms with Crippen LogP contribution in [-0.2, 0) is 14.8 Å². The van der Waals surface area contributed by atoms with Crippen molar-refractivity contribution in [3.05, 3.63) is 71.3 Å². The van der Waals surface area contributed by atoms with Gasteiger partial charge in [0.2, 0.25) is 15.9 Å². The fourth-order valence-corrected chi connectivity index (χ4v) is 5.00. The molecule has 31 heavy (non-hydrogen) atoms.